The molecule has 0 heterocycles. The van der Waals surface area contributed by atoms with Crippen molar-refractivity contribution in [3.8, 4) is 5.75 Å². The third kappa shape index (κ3) is 3.83. The van der Waals surface area contributed by atoms with Crippen LogP contribution in [0.5, 0.6) is 5.75 Å². The van der Waals surface area contributed by atoms with Gasteiger partial charge in [-0.05, 0) is 35.7 Å². The van der Waals surface area contributed by atoms with Crippen molar-refractivity contribution in [3.05, 3.63) is 65.0 Å². The topological polar surface area (TPSA) is 46.5 Å². The summed E-state index contributed by atoms with van der Waals surface area (Å²) >= 11 is 0. The van der Waals surface area contributed by atoms with Crippen LogP contribution in [-0.4, -0.2) is 30.3 Å². The number of rotatable bonds is 6. The smallest absolute Gasteiger partial charge is 0.424 e. The van der Waals surface area contributed by atoms with E-state index >= 15 is 0 Å². The summed E-state index contributed by atoms with van der Waals surface area (Å²) in [6.45, 7) is 3.18. The fraction of sp³-hybridized carbons (Fsp3) is 0.350. The van der Waals surface area contributed by atoms with Crippen LogP contribution in [0.2, 0.25) is 0 Å². The number of aryl methyl sites for hydroxylation is 1. The zero-order valence-electron chi connectivity index (χ0n) is 15.1. The minimum atomic E-state index is -5.16. The number of benzene rings is 2. The van der Waals surface area contributed by atoms with E-state index in [0.29, 0.717) is 11.1 Å². The van der Waals surface area contributed by atoms with Gasteiger partial charge in [0.1, 0.15) is 0 Å². The van der Waals surface area contributed by atoms with Gasteiger partial charge in [-0.15, -0.1) is 0 Å². The summed E-state index contributed by atoms with van der Waals surface area (Å²) < 4.78 is 59.0. The lowest BCUT2D eigenvalue weighted by Crippen LogP contribution is -2.51. The van der Waals surface area contributed by atoms with Crippen LogP contribution < -0.4 is 4.74 Å². The molecule has 0 radical (unpaired) electrons. The van der Waals surface area contributed by atoms with Gasteiger partial charge in [-0.3, -0.25) is 4.79 Å². The molecule has 0 amide bonds. The lowest BCUT2D eigenvalue weighted by Gasteiger charge is -2.38. The van der Waals surface area contributed by atoms with Crippen molar-refractivity contribution in [1.29, 1.82) is 0 Å². The Bertz CT molecular complexity index is 834. The number of carbonyl (C=O) groups excluding carboxylic acids is 1. The largest absolute Gasteiger partial charge is 0.494 e. The minimum absolute atomic E-state index is 0.144. The average molecular weight is 384 g/mol. The molecule has 2 atom stereocenters. The molecule has 0 aliphatic heterocycles. The molecule has 2 rings (SSSR count). The number of aliphatic hydroxyl groups is 1. The van der Waals surface area contributed by atoms with E-state index < -0.39 is 35.7 Å². The third-order valence-corrected chi connectivity index (χ3v) is 4.84. The second kappa shape index (κ2) is 7.31. The van der Waals surface area contributed by atoms with Crippen molar-refractivity contribution in [2.24, 2.45) is 0 Å². The maximum absolute atomic E-state index is 13.8. The Kier molecular flexibility index (Phi) is 5.65. The Morgan fingerprint density at radius 3 is 2.30 bits per heavy atom. The molecule has 2 unspecified atom stereocenters. The molecule has 0 saturated carbocycles. The molecule has 3 nitrogen and oxygen atoms in total. The first-order chi connectivity index (χ1) is 12.5. The highest BCUT2D eigenvalue weighted by Gasteiger charge is 2.57. The van der Waals surface area contributed by atoms with Gasteiger partial charge in [0.25, 0.3) is 0 Å². The molecule has 0 spiro atoms. The molecule has 2 aromatic rings. The fourth-order valence-electron chi connectivity index (χ4n) is 3.30. The summed E-state index contributed by atoms with van der Waals surface area (Å²) in [5.74, 6) is -0.816. The van der Waals surface area contributed by atoms with Gasteiger partial charge in [-0.25, -0.2) is 4.39 Å². The molecule has 0 aliphatic carbocycles. The predicted molar refractivity (Wildman–Crippen MR) is 92.3 cm³/mol. The molecule has 0 aliphatic rings. The number of halogens is 4. The third-order valence-electron chi connectivity index (χ3n) is 4.84. The van der Waals surface area contributed by atoms with Gasteiger partial charge in [0.15, 0.2) is 17.9 Å². The molecule has 1 N–H and O–H groups in total. The van der Waals surface area contributed by atoms with Crippen molar-refractivity contribution < 1.29 is 32.2 Å². The molecular formula is C20H20F4O3. The number of carbonyl (C=O) groups is 1. The first-order valence-corrected chi connectivity index (χ1v) is 8.14. The molecule has 0 fully saturated rings. The van der Waals surface area contributed by atoms with E-state index in [0.717, 1.165) is 6.07 Å². The molecule has 0 bridgehead atoms. The van der Waals surface area contributed by atoms with Crippen LogP contribution in [0.15, 0.2) is 42.5 Å². The maximum Gasteiger partial charge on any atom is 0.424 e. The van der Waals surface area contributed by atoms with Gasteiger partial charge in [0.05, 0.1) is 7.11 Å². The summed E-state index contributed by atoms with van der Waals surface area (Å²) in [5, 5.41) is 10.1. The molecule has 0 saturated heterocycles. The van der Waals surface area contributed by atoms with Crippen LogP contribution in [0.4, 0.5) is 17.6 Å². The average Bonchev–Trinajstić information content (AvgIpc) is 2.61. The molecule has 0 aromatic heterocycles. The van der Waals surface area contributed by atoms with Crippen molar-refractivity contribution >= 4 is 6.29 Å². The maximum atomic E-state index is 13.8. The van der Waals surface area contributed by atoms with Crippen LogP contribution in [0.1, 0.15) is 30.0 Å². The normalized spacial score (nSPS) is 16.3. The molecule has 2 aromatic carbocycles. The number of ether oxygens (including phenoxy) is 1. The van der Waals surface area contributed by atoms with E-state index in [4.69, 9.17) is 4.74 Å². The summed E-state index contributed by atoms with van der Waals surface area (Å²) in [6.07, 6.45) is -6.63. The zero-order valence-corrected chi connectivity index (χ0v) is 15.1. The zero-order chi connectivity index (χ0) is 20.5. The van der Waals surface area contributed by atoms with Crippen LogP contribution in [0.25, 0.3) is 0 Å². The Labute approximate surface area is 154 Å². The highest BCUT2D eigenvalue weighted by Crippen LogP contribution is 2.45. The van der Waals surface area contributed by atoms with Crippen molar-refractivity contribution in [2.45, 2.75) is 37.5 Å². The lowest BCUT2D eigenvalue weighted by molar-refractivity contribution is -0.249. The fourth-order valence-corrected chi connectivity index (χ4v) is 3.30. The van der Waals surface area contributed by atoms with Gasteiger partial charge in [-0.1, -0.05) is 37.3 Å². The Morgan fingerprint density at radius 2 is 1.78 bits per heavy atom. The van der Waals surface area contributed by atoms with Crippen LogP contribution in [0.3, 0.4) is 0 Å². The second-order valence-corrected chi connectivity index (χ2v) is 6.71. The standard InChI is InChI=1S/C20H20F4O3/c1-13-6-4-5-7-15(13)18(2,11-19(26,12-25)20(22,23)24)14-8-9-16(21)17(10-14)27-3/h4-10,12,26H,11H2,1-3H3. The predicted octanol–water partition coefficient (Wildman–Crippen LogP) is 4.33. The number of methoxy groups -OCH3 is 1. The van der Waals surface area contributed by atoms with E-state index in [1.54, 1.807) is 31.2 Å². The van der Waals surface area contributed by atoms with E-state index in [-0.39, 0.29) is 11.3 Å². The van der Waals surface area contributed by atoms with Gasteiger partial charge >= 0.3 is 6.18 Å². The number of hydrogen-bond donors (Lipinski definition) is 1. The Balaban J connectivity index is 2.74. The monoisotopic (exact) mass is 384 g/mol. The van der Waals surface area contributed by atoms with Crippen molar-refractivity contribution in [3.63, 3.8) is 0 Å². The van der Waals surface area contributed by atoms with Gasteiger partial charge in [-0.2, -0.15) is 13.2 Å². The minimum Gasteiger partial charge on any atom is -0.494 e. The number of hydrogen-bond acceptors (Lipinski definition) is 3. The summed E-state index contributed by atoms with van der Waals surface area (Å²) in [7, 11) is 1.24. The second-order valence-electron chi connectivity index (χ2n) is 6.71. The van der Waals surface area contributed by atoms with Crippen LogP contribution >= 0.6 is 0 Å². The number of aldehydes is 1. The van der Waals surface area contributed by atoms with Crippen LogP contribution in [0, 0.1) is 12.7 Å². The number of alkyl halides is 3. The molecule has 146 valence electrons. The first kappa shape index (κ1) is 20.9. The van der Waals surface area contributed by atoms with Gasteiger partial charge < -0.3 is 9.84 Å². The Morgan fingerprint density at radius 1 is 1.15 bits per heavy atom. The lowest BCUT2D eigenvalue weighted by atomic mass is 9.68. The van der Waals surface area contributed by atoms with E-state index in [9.17, 15) is 27.5 Å². The highest BCUT2D eigenvalue weighted by molar-refractivity contribution is 5.65. The molecule has 7 heteroatoms. The summed E-state index contributed by atoms with van der Waals surface area (Å²) in [5.41, 5.74) is -3.59. The van der Waals surface area contributed by atoms with Crippen LogP contribution in [-0.2, 0) is 10.2 Å². The molecule has 27 heavy (non-hydrogen) atoms. The SMILES string of the molecule is COc1cc(C(C)(CC(O)(C=O)C(F)(F)F)c2ccccc2C)ccc1F. The summed E-state index contributed by atoms with van der Waals surface area (Å²) in [6, 6.07) is 10.4. The van der Waals surface area contributed by atoms with Crippen molar-refractivity contribution in [1.82, 2.24) is 0 Å². The van der Waals surface area contributed by atoms with Gasteiger partial charge in [0.2, 0.25) is 5.60 Å². The van der Waals surface area contributed by atoms with E-state index in [2.05, 4.69) is 0 Å². The quantitative estimate of drug-likeness (QED) is 0.596. The summed E-state index contributed by atoms with van der Waals surface area (Å²) in [4.78, 5) is 11.2. The Hall–Kier alpha value is -2.41. The highest BCUT2D eigenvalue weighted by atomic mass is 19.4. The van der Waals surface area contributed by atoms with E-state index in [1.165, 1.54) is 26.2 Å². The van der Waals surface area contributed by atoms with Crippen molar-refractivity contribution in [2.75, 3.05) is 7.11 Å². The first-order valence-electron chi connectivity index (χ1n) is 8.14. The van der Waals surface area contributed by atoms with Gasteiger partial charge in [0, 0.05) is 11.8 Å². The van der Waals surface area contributed by atoms with E-state index in [1.807, 2.05) is 0 Å². The molecular weight excluding hydrogens is 364 g/mol.